The van der Waals surface area contributed by atoms with Crippen molar-refractivity contribution in [2.75, 3.05) is 11.5 Å². The average molecular weight is 233 g/mol. The number of nitrogen functional groups attached to an aromatic ring is 2. The summed E-state index contributed by atoms with van der Waals surface area (Å²) in [4.78, 5) is 3.61. The second-order valence-electron chi connectivity index (χ2n) is 3.45. The van der Waals surface area contributed by atoms with Crippen molar-refractivity contribution in [1.29, 1.82) is 0 Å². The van der Waals surface area contributed by atoms with Crippen molar-refractivity contribution in [1.82, 2.24) is 4.98 Å². The molecule has 0 unspecified atom stereocenters. The van der Waals surface area contributed by atoms with Crippen molar-refractivity contribution in [3.8, 4) is 11.5 Å². The molecule has 1 aromatic heterocycles. The number of aryl methyl sites for hydroxylation is 1. The Bertz CT molecular complexity index is 480. The van der Waals surface area contributed by atoms with E-state index in [2.05, 4.69) is 4.98 Å². The van der Waals surface area contributed by atoms with Crippen LogP contribution >= 0.6 is 0 Å². The van der Waals surface area contributed by atoms with Gasteiger partial charge in [0.1, 0.15) is 5.75 Å². The van der Waals surface area contributed by atoms with Crippen molar-refractivity contribution < 1.29 is 10.2 Å². The second-order valence-corrected chi connectivity index (χ2v) is 3.45. The molecule has 0 aliphatic rings. The summed E-state index contributed by atoms with van der Waals surface area (Å²) in [6, 6.07) is 8.18. The molecule has 2 rings (SSSR count). The number of nitrogens with two attached hydrogens (primary N) is 2. The van der Waals surface area contributed by atoms with E-state index in [0.29, 0.717) is 5.69 Å². The van der Waals surface area contributed by atoms with Crippen molar-refractivity contribution >= 4 is 11.5 Å². The summed E-state index contributed by atoms with van der Waals surface area (Å²) >= 11 is 0. The topological polar surface area (TPSA) is 105 Å². The molecule has 6 N–H and O–H groups in total. The van der Waals surface area contributed by atoms with Gasteiger partial charge in [-0.05, 0) is 30.7 Å². The van der Waals surface area contributed by atoms with E-state index in [1.165, 1.54) is 18.3 Å². The number of aromatic nitrogens is 1. The van der Waals surface area contributed by atoms with Gasteiger partial charge >= 0.3 is 0 Å². The molecule has 90 valence electrons. The predicted octanol–water partition coefficient (Wildman–Crippen LogP) is 1.65. The Morgan fingerprint density at radius 3 is 2.18 bits per heavy atom. The van der Waals surface area contributed by atoms with Crippen LogP contribution in [0.3, 0.4) is 0 Å². The number of aromatic hydroxyl groups is 2. The van der Waals surface area contributed by atoms with Gasteiger partial charge in [-0.25, -0.2) is 4.98 Å². The van der Waals surface area contributed by atoms with Gasteiger partial charge in [0.05, 0.1) is 0 Å². The lowest BCUT2D eigenvalue weighted by Crippen LogP contribution is -1.87. The van der Waals surface area contributed by atoms with Crippen molar-refractivity contribution in [2.24, 2.45) is 0 Å². The van der Waals surface area contributed by atoms with Gasteiger partial charge < -0.3 is 21.7 Å². The van der Waals surface area contributed by atoms with E-state index in [4.69, 9.17) is 21.7 Å². The van der Waals surface area contributed by atoms with Crippen LogP contribution in [-0.4, -0.2) is 15.2 Å². The number of anilines is 2. The summed E-state index contributed by atoms with van der Waals surface area (Å²) in [5, 5.41) is 17.8. The Balaban J connectivity index is 0.000000171. The summed E-state index contributed by atoms with van der Waals surface area (Å²) in [5.74, 6) is 0.468. The SMILES string of the molecule is Cc1ccc(N)cc1O.Nc1ncccc1O. The molecule has 17 heavy (non-hydrogen) atoms. The van der Waals surface area contributed by atoms with Crippen LogP contribution < -0.4 is 11.5 Å². The average Bonchev–Trinajstić information content (AvgIpc) is 2.29. The highest BCUT2D eigenvalue weighted by molar-refractivity contribution is 5.47. The normalized spacial score (nSPS) is 9.24. The fourth-order valence-corrected chi connectivity index (χ4v) is 1.04. The Kier molecular flexibility index (Phi) is 4.16. The fourth-order valence-electron chi connectivity index (χ4n) is 1.04. The maximum absolute atomic E-state index is 9.02. The van der Waals surface area contributed by atoms with Gasteiger partial charge in [0.2, 0.25) is 0 Å². The number of hydrogen-bond donors (Lipinski definition) is 4. The molecule has 0 saturated carbocycles. The Morgan fingerprint density at radius 1 is 1.06 bits per heavy atom. The third kappa shape index (κ3) is 3.90. The molecule has 1 aromatic carbocycles. The molecule has 1 heterocycles. The Hall–Kier alpha value is -2.43. The first kappa shape index (κ1) is 12.6. The number of pyridine rings is 1. The number of phenolic OH excluding ortho intramolecular Hbond substituents is 1. The first-order chi connectivity index (χ1) is 8.00. The van der Waals surface area contributed by atoms with Gasteiger partial charge in [0.25, 0.3) is 0 Å². The van der Waals surface area contributed by atoms with Crippen LogP contribution in [0.5, 0.6) is 11.5 Å². The fraction of sp³-hybridized carbons (Fsp3) is 0.0833. The third-order valence-corrected chi connectivity index (χ3v) is 2.05. The van der Waals surface area contributed by atoms with E-state index in [1.54, 1.807) is 18.2 Å². The summed E-state index contributed by atoms with van der Waals surface area (Å²) in [7, 11) is 0. The molecule has 0 aliphatic carbocycles. The molecule has 0 aliphatic heterocycles. The standard InChI is InChI=1S/C7H9NO.C5H6N2O/c1-5-2-3-6(8)4-7(5)9;6-5-4(8)2-1-3-7-5/h2-4,9H,8H2,1H3;1-3,8H,(H2,6,7). The van der Waals surface area contributed by atoms with Gasteiger partial charge in [0.15, 0.2) is 11.6 Å². The molecular formula is C12H15N3O2. The van der Waals surface area contributed by atoms with Gasteiger partial charge in [-0.1, -0.05) is 6.07 Å². The highest BCUT2D eigenvalue weighted by Crippen LogP contribution is 2.17. The molecule has 0 bridgehead atoms. The van der Waals surface area contributed by atoms with Gasteiger partial charge in [-0.2, -0.15) is 0 Å². The molecule has 0 saturated heterocycles. The van der Waals surface area contributed by atoms with E-state index < -0.39 is 0 Å². The first-order valence-corrected chi connectivity index (χ1v) is 4.95. The summed E-state index contributed by atoms with van der Waals surface area (Å²) in [6.45, 7) is 1.83. The highest BCUT2D eigenvalue weighted by Gasteiger charge is 1.92. The van der Waals surface area contributed by atoms with Gasteiger partial charge in [-0.15, -0.1) is 0 Å². The zero-order valence-electron chi connectivity index (χ0n) is 9.46. The molecule has 0 radical (unpaired) electrons. The second kappa shape index (κ2) is 5.60. The largest absolute Gasteiger partial charge is 0.508 e. The van der Waals surface area contributed by atoms with Crippen molar-refractivity contribution in [2.45, 2.75) is 6.92 Å². The minimum atomic E-state index is 0.0347. The van der Waals surface area contributed by atoms with Crippen LogP contribution in [0, 0.1) is 6.92 Å². The van der Waals surface area contributed by atoms with Gasteiger partial charge in [0, 0.05) is 18.0 Å². The lowest BCUT2D eigenvalue weighted by atomic mass is 10.2. The Labute approximate surface area is 99.3 Å². The first-order valence-electron chi connectivity index (χ1n) is 4.95. The van der Waals surface area contributed by atoms with Crippen LogP contribution in [0.2, 0.25) is 0 Å². The van der Waals surface area contributed by atoms with Crippen molar-refractivity contribution in [3.05, 3.63) is 42.1 Å². The number of nitrogens with zero attached hydrogens (tertiary/aromatic N) is 1. The lowest BCUT2D eigenvalue weighted by Gasteiger charge is -1.97. The zero-order chi connectivity index (χ0) is 12.8. The number of hydrogen-bond acceptors (Lipinski definition) is 5. The molecule has 5 heteroatoms. The summed E-state index contributed by atoms with van der Waals surface area (Å²) in [6.07, 6.45) is 1.52. The molecule has 0 atom stereocenters. The summed E-state index contributed by atoms with van der Waals surface area (Å²) < 4.78 is 0. The lowest BCUT2D eigenvalue weighted by molar-refractivity contribution is 0.471. The van der Waals surface area contributed by atoms with Crippen LogP contribution in [0.25, 0.3) is 0 Å². The molecule has 0 amide bonds. The van der Waals surface area contributed by atoms with E-state index in [0.717, 1.165) is 5.56 Å². The van der Waals surface area contributed by atoms with Crippen LogP contribution in [-0.2, 0) is 0 Å². The van der Waals surface area contributed by atoms with E-state index in [-0.39, 0.29) is 17.3 Å². The maximum Gasteiger partial charge on any atom is 0.165 e. The molecule has 2 aromatic rings. The number of phenols is 1. The van der Waals surface area contributed by atoms with Crippen molar-refractivity contribution in [3.63, 3.8) is 0 Å². The maximum atomic E-state index is 9.02. The molecule has 0 spiro atoms. The third-order valence-electron chi connectivity index (χ3n) is 2.05. The number of rotatable bonds is 0. The highest BCUT2D eigenvalue weighted by atomic mass is 16.3. The summed E-state index contributed by atoms with van der Waals surface area (Å²) in [5.41, 5.74) is 12.0. The van der Waals surface area contributed by atoms with E-state index in [9.17, 15) is 0 Å². The minimum absolute atomic E-state index is 0.0347. The molecular weight excluding hydrogens is 218 g/mol. The number of benzene rings is 1. The van der Waals surface area contributed by atoms with Crippen LogP contribution in [0.4, 0.5) is 11.5 Å². The van der Waals surface area contributed by atoms with E-state index in [1.807, 2.05) is 6.92 Å². The van der Waals surface area contributed by atoms with Crippen LogP contribution in [0.1, 0.15) is 5.56 Å². The zero-order valence-corrected chi connectivity index (χ0v) is 9.46. The quantitative estimate of drug-likeness (QED) is 0.518. The Morgan fingerprint density at radius 2 is 1.76 bits per heavy atom. The van der Waals surface area contributed by atoms with Gasteiger partial charge in [-0.3, -0.25) is 0 Å². The van der Waals surface area contributed by atoms with Crippen LogP contribution in [0.15, 0.2) is 36.5 Å². The minimum Gasteiger partial charge on any atom is -0.508 e. The molecule has 5 nitrogen and oxygen atoms in total. The molecule has 0 fully saturated rings. The predicted molar refractivity (Wildman–Crippen MR) is 67.6 cm³/mol. The smallest absolute Gasteiger partial charge is 0.165 e. The van der Waals surface area contributed by atoms with E-state index >= 15 is 0 Å². The monoisotopic (exact) mass is 233 g/mol.